The molecular weight excluding hydrogens is 140 g/mol. The highest BCUT2D eigenvalue weighted by atomic mass is 28.3. The first kappa shape index (κ1) is 11.8. The van der Waals surface area contributed by atoms with Crippen molar-refractivity contribution in [2.24, 2.45) is 0 Å². The van der Waals surface area contributed by atoms with Crippen LogP contribution in [0.15, 0.2) is 0 Å². The second kappa shape index (κ2) is 10.9. The fraction of sp³-hybridized carbons (Fsp3) is 1.00. The fourth-order valence-corrected chi connectivity index (χ4v) is 0.866. The lowest BCUT2D eigenvalue weighted by atomic mass is 11.8. The standard InChI is InChI=1S/C3H10O3Si.CH4O/c1-4-7(5-2)6-3;1-2/h7H,1-3H3;2H,1H3. The van der Waals surface area contributed by atoms with Gasteiger partial charge in [0.1, 0.15) is 0 Å². The van der Waals surface area contributed by atoms with Crippen LogP contribution in [0.25, 0.3) is 0 Å². The highest BCUT2D eigenvalue weighted by Crippen LogP contribution is 1.81. The van der Waals surface area contributed by atoms with Crippen LogP contribution in [0.2, 0.25) is 0 Å². The predicted octanol–water partition coefficient (Wildman–Crippen LogP) is -0.749. The van der Waals surface area contributed by atoms with E-state index in [2.05, 4.69) is 0 Å². The average molecular weight is 154 g/mol. The lowest BCUT2D eigenvalue weighted by molar-refractivity contribution is 0.163. The Morgan fingerprint density at radius 1 is 0.889 bits per heavy atom. The molecule has 0 aromatic carbocycles. The molecular formula is C4H14O4Si. The number of aliphatic hydroxyl groups excluding tert-OH is 1. The zero-order valence-corrected chi connectivity index (χ0v) is 7.40. The largest absolute Gasteiger partial charge is 0.483 e. The van der Waals surface area contributed by atoms with E-state index in [0.29, 0.717) is 0 Å². The van der Waals surface area contributed by atoms with E-state index in [1.54, 1.807) is 21.3 Å². The second-order valence-corrected chi connectivity index (χ2v) is 2.99. The summed E-state index contributed by atoms with van der Waals surface area (Å²) in [7, 11) is 4.05. The Balaban J connectivity index is 0. The molecule has 4 nitrogen and oxygen atoms in total. The van der Waals surface area contributed by atoms with Crippen molar-refractivity contribution in [2.75, 3.05) is 28.4 Å². The molecule has 0 heterocycles. The van der Waals surface area contributed by atoms with Crippen molar-refractivity contribution in [2.45, 2.75) is 0 Å². The maximum atomic E-state index is 7.00. The van der Waals surface area contributed by atoms with Gasteiger partial charge in [0.05, 0.1) is 0 Å². The zero-order valence-electron chi connectivity index (χ0n) is 6.25. The van der Waals surface area contributed by atoms with E-state index < -0.39 is 9.53 Å². The molecule has 0 bridgehead atoms. The lowest BCUT2D eigenvalue weighted by Crippen LogP contribution is -2.21. The summed E-state index contributed by atoms with van der Waals surface area (Å²) < 4.78 is 14.2. The Morgan fingerprint density at radius 2 is 1.11 bits per heavy atom. The summed E-state index contributed by atoms with van der Waals surface area (Å²) in [6.45, 7) is 0. The van der Waals surface area contributed by atoms with E-state index >= 15 is 0 Å². The molecule has 0 unspecified atom stereocenters. The molecule has 0 rings (SSSR count). The van der Waals surface area contributed by atoms with Gasteiger partial charge in [-0.3, -0.25) is 0 Å². The summed E-state index contributed by atoms with van der Waals surface area (Å²) in [5, 5.41) is 7.00. The molecule has 58 valence electrons. The van der Waals surface area contributed by atoms with E-state index in [1.165, 1.54) is 0 Å². The third kappa shape index (κ3) is 8.06. The summed E-state index contributed by atoms with van der Waals surface area (Å²) in [6, 6.07) is 0. The highest BCUT2D eigenvalue weighted by molar-refractivity contribution is 6.36. The molecule has 0 fully saturated rings. The molecule has 5 heteroatoms. The molecule has 0 aliphatic heterocycles. The molecule has 0 amide bonds. The van der Waals surface area contributed by atoms with Crippen LogP contribution in [-0.4, -0.2) is 43.1 Å². The van der Waals surface area contributed by atoms with Crippen LogP contribution in [-0.2, 0) is 13.3 Å². The molecule has 0 saturated carbocycles. The SMILES string of the molecule is CO.CO[SiH](OC)OC. The van der Waals surface area contributed by atoms with Gasteiger partial charge in [-0.2, -0.15) is 0 Å². The Hall–Kier alpha value is 0.0569. The van der Waals surface area contributed by atoms with Crippen molar-refractivity contribution in [3.63, 3.8) is 0 Å². The van der Waals surface area contributed by atoms with Crippen LogP contribution in [0.1, 0.15) is 0 Å². The van der Waals surface area contributed by atoms with Crippen LogP contribution in [0.3, 0.4) is 0 Å². The minimum Gasteiger partial charge on any atom is -0.400 e. The summed E-state index contributed by atoms with van der Waals surface area (Å²) >= 11 is 0. The average Bonchev–Trinajstić information content (AvgIpc) is 1.96. The molecule has 0 aromatic rings. The minimum atomic E-state index is -1.67. The molecule has 0 aliphatic carbocycles. The molecule has 0 atom stereocenters. The number of hydrogen-bond donors (Lipinski definition) is 1. The van der Waals surface area contributed by atoms with Crippen molar-refractivity contribution in [1.29, 1.82) is 0 Å². The van der Waals surface area contributed by atoms with Crippen molar-refractivity contribution in [3.8, 4) is 0 Å². The summed E-state index contributed by atoms with van der Waals surface area (Å²) in [5.74, 6) is 0. The maximum Gasteiger partial charge on any atom is 0.483 e. The van der Waals surface area contributed by atoms with Gasteiger partial charge in [0.15, 0.2) is 0 Å². The van der Waals surface area contributed by atoms with E-state index in [4.69, 9.17) is 18.4 Å². The monoisotopic (exact) mass is 154 g/mol. The molecule has 0 saturated heterocycles. The van der Waals surface area contributed by atoms with E-state index in [0.717, 1.165) is 7.11 Å². The van der Waals surface area contributed by atoms with E-state index in [-0.39, 0.29) is 0 Å². The molecule has 9 heavy (non-hydrogen) atoms. The zero-order chi connectivity index (χ0) is 7.70. The van der Waals surface area contributed by atoms with Crippen LogP contribution < -0.4 is 0 Å². The molecule has 0 aliphatic rings. The lowest BCUT2D eigenvalue weighted by Gasteiger charge is -2.05. The first-order valence-corrected chi connectivity index (χ1v) is 3.79. The Kier molecular flexibility index (Phi) is 14.3. The van der Waals surface area contributed by atoms with Gasteiger partial charge in [0.2, 0.25) is 0 Å². The Labute approximate surface area is 57.3 Å². The van der Waals surface area contributed by atoms with Crippen molar-refractivity contribution >= 4 is 9.53 Å². The molecule has 0 spiro atoms. The van der Waals surface area contributed by atoms with Gasteiger partial charge in [-0.15, -0.1) is 0 Å². The third-order valence-electron chi connectivity index (χ3n) is 0.577. The topological polar surface area (TPSA) is 47.9 Å². The molecule has 1 N–H and O–H groups in total. The second-order valence-electron chi connectivity index (χ2n) is 0.996. The Morgan fingerprint density at radius 3 is 1.11 bits per heavy atom. The third-order valence-corrected chi connectivity index (χ3v) is 1.73. The van der Waals surface area contributed by atoms with Crippen molar-refractivity contribution in [3.05, 3.63) is 0 Å². The number of hydrogen-bond acceptors (Lipinski definition) is 4. The smallest absolute Gasteiger partial charge is 0.400 e. The van der Waals surface area contributed by atoms with Crippen LogP contribution in [0.4, 0.5) is 0 Å². The highest BCUT2D eigenvalue weighted by Gasteiger charge is 2.04. The van der Waals surface area contributed by atoms with E-state index in [9.17, 15) is 0 Å². The minimum absolute atomic E-state index is 1.00. The van der Waals surface area contributed by atoms with Crippen molar-refractivity contribution in [1.82, 2.24) is 0 Å². The van der Waals surface area contributed by atoms with Gasteiger partial charge >= 0.3 is 9.53 Å². The first-order chi connectivity index (χ1) is 4.35. The number of rotatable bonds is 3. The predicted molar refractivity (Wildman–Crippen MR) is 36.3 cm³/mol. The van der Waals surface area contributed by atoms with Gasteiger partial charge in [-0.25, -0.2) is 0 Å². The van der Waals surface area contributed by atoms with Crippen molar-refractivity contribution < 1.29 is 18.4 Å². The van der Waals surface area contributed by atoms with Gasteiger partial charge in [0, 0.05) is 28.4 Å². The van der Waals surface area contributed by atoms with Crippen LogP contribution in [0, 0.1) is 0 Å². The van der Waals surface area contributed by atoms with Gasteiger partial charge in [0.25, 0.3) is 0 Å². The summed E-state index contributed by atoms with van der Waals surface area (Å²) in [5.41, 5.74) is 0. The normalized spacial score (nSPS) is 8.67. The van der Waals surface area contributed by atoms with Gasteiger partial charge < -0.3 is 18.4 Å². The van der Waals surface area contributed by atoms with Gasteiger partial charge in [-0.1, -0.05) is 0 Å². The van der Waals surface area contributed by atoms with Crippen LogP contribution in [0.5, 0.6) is 0 Å². The fourth-order valence-electron chi connectivity index (χ4n) is 0.289. The van der Waals surface area contributed by atoms with Crippen LogP contribution >= 0.6 is 0 Å². The van der Waals surface area contributed by atoms with Gasteiger partial charge in [-0.05, 0) is 0 Å². The quantitative estimate of drug-likeness (QED) is 0.543. The number of aliphatic hydroxyl groups is 1. The molecule has 0 aromatic heterocycles. The van der Waals surface area contributed by atoms with E-state index in [1.807, 2.05) is 0 Å². The first-order valence-electron chi connectivity index (χ1n) is 2.38. The Bertz CT molecular complexity index is 34.0. The summed E-state index contributed by atoms with van der Waals surface area (Å²) in [6.07, 6.45) is 0. The maximum absolute atomic E-state index is 7.00. The molecule has 0 radical (unpaired) electrons. The summed E-state index contributed by atoms with van der Waals surface area (Å²) in [4.78, 5) is 0.